The molecule has 0 unspecified atom stereocenters. The fourth-order valence-corrected chi connectivity index (χ4v) is 4.27. The number of likely N-dealkylation sites (tertiary alicyclic amines) is 1. The zero-order chi connectivity index (χ0) is 16.5. The quantitative estimate of drug-likeness (QED) is 0.829. The van der Waals surface area contributed by atoms with Crippen molar-refractivity contribution in [1.29, 1.82) is 0 Å². The molecule has 1 aromatic carbocycles. The molecule has 2 saturated heterocycles. The van der Waals surface area contributed by atoms with Crippen LogP contribution in [0.25, 0.3) is 0 Å². The minimum absolute atomic E-state index is 0.147. The second-order valence-electron chi connectivity index (χ2n) is 7.59. The van der Waals surface area contributed by atoms with E-state index in [1.165, 1.54) is 5.56 Å². The van der Waals surface area contributed by atoms with Gasteiger partial charge in [0.15, 0.2) is 0 Å². The highest BCUT2D eigenvalue weighted by Crippen LogP contribution is 2.44. The van der Waals surface area contributed by atoms with Crippen LogP contribution in [-0.4, -0.2) is 36.1 Å². The van der Waals surface area contributed by atoms with Crippen LogP contribution in [0.2, 0.25) is 5.02 Å². The number of carbonyl (C=O) groups excluding carboxylic acids is 1. The molecule has 4 heteroatoms. The zero-order valence-electron chi connectivity index (χ0n) is 14.1. The number of hydrogen-bond acceptors (Lipinski definition) is 2. The van der Waals surface area contributed by atoms with Crippen molar-refractivity contribution < 1.29 is 9.53 Å². The smallest absolute Gasteiger partial charge is 0.223 e. The monoisotopic (exact) mass is 335 g/mol. The summed E-state index contributed by atoms with van der Waals surface area (Å²) in [5.41, 5.74) is 0.862. The first-order valence-electron chi connectivity index (χ1n) is 8.58. The molecule has 0 spiro atoms. The van der Waals surface area contributed by atoms with Crippen LogP contribution >= 0.6 is 11.6 Å². The van der Waals surface area contributed by atoms with Crippen molar-refractivity contribution in [3.05, 3.63) is 34.9 Å². The molecule has 2 fully saturated rings. The summed E-state index contributed by atoms with van der Waals surface area (Å²) in [6, 6.07) is 8.03. The summed E-state index contributed by atoms with van der Waals surface area (Å²) in [4.78, 5) is 14.9. The van der Waals surface area contributed by atoms with Gasteiger partial charge in [-0.25, -0.2) is 0 Å². The number of rotatable bonds is 3. The number of carbonyl (C=O) groups is 1. The first-order chi connectivity index (χ1) is 10.9. The van der Waals surface area contributed by atoms with E-state index in [4.69, 9.17) is 16.3 Å². The van der Waals surface area contributed by atoms with E-state index in [9.17, 15) is 4.79 Å². The lowest BCUT2D eigenvalue weighted by molar-refractivity contribution is -0.135. The van der Waals surface area contributed by atoms with Gasteiger partial charge in [-0.2, -0.15) is 0 Å². The fourth-order valence-electron chi connectivity index (χ4n) is 4.15. The van der Waals surface area contributed by atoms with Gasteiger partial charge in [0.25, 0.3) is 0 Å². The van der Waals surface area contributed by atoms with E-state index in [0.717, 1.165) is 43.8 Å². The fraction of sp³-hybridized carbons (Fsp3) is 0.632. The Labute approximate surface area is 144 Å². The SMILES string of the molecule is CC1(C)C[C@@](CC(=O)N2CCCC2)(c2ccc(Cl)cc2)CCO1. The number of ether oxygens (including phenoxy) is 1. The summed E-state index contributed by atoms with van der Waals surface area (Å²) < 4.78 is 5.92. The van der Waals surface area contributed by atoms with Gasteiger partial charge in [0.1, 0.15) is 0 Å². The van der Waals surface area contributed by atoms with Gasteiger partial charge < -0.3 is 9.64 Å². The molecule has 2 aliphatic rings. The summed E-state index contributed by atoms with van der Waals surface area (Å²) in [5, 5.41) is 0.737. The molecule has 2 heterocycles. The molecule has 1 amide bonds. The summed E-state index contributed by atoms with van der Waals surface area (Å²) in [6.07, 6.45) is 4.59. The molecule has 3 rings (SSSR count). The van der Waals surface area contributed by atoms with Crippen molar-refractivity contribution in [3.8, 4) is 0 Å². The zero-order valence-corrected chi connectivity index (χ0v) is 14.9. The molecule has 23 heavy (non-hydrogen) atoms. The van der Waals surface area contributed by atoms with Gasteiger partial charge >= 0.3 is 0 Å². The molecular formula is C19H26ClNO2. The Kier molecular flexibility index (Phi) is 4.70. The number of nitrogens with zero attached hydrogens (tertiary/aromatic N) is 1. The van der Waals surface area contributed by atoms with Crippen LogP contribution in [0, 0.1) is 0 Å². The van der Waals surface area contributed by atoms with E-state index in [1.54, 1.807) is 0 Å². The van der Waals surface area contributed by atoms with Gasteiger partial charge in [-0.3, -0.25) is 4.79 Å². The first kappa shape index (κ1) is 16.8. The average molecular weight is 336 g/mol. The molecule has 1 aromatic rings. The number of amides is 1. The maximum absolute atomic E-state index is 12.8. The Morgan fingerprint density at radius 3 is 2.48 bits per heavy atom. The Hall–Kier alpha value is -1.06. The van der Waals surface area contributed by atoms with Gasteiger partial charge in [0, 0.05) is 36.6 Å². The number of halogens is 1. The molecule has 0 radical (unpaired) electrons. The molecule has 0 saturated carbocycles. The average Bonchev–Trinajstić information content (AvgIpc) is 3.01. The molecule has 1 atom stereocenters. The highest BCUT2D eigenvalue weighted by molar-refractivity contribution is 6.30. The van der Waals surface area contributed by atoms with E-state index in [1.807, 2.05) is 17.0 Å². The Morgan fingerprint density at radius 2 is 1.87 bits per heavy atom. The Balaban J connectivity index is 1.89. The minimum Gasteiger partial charge on any atom is -0.376 e. The predicted molar refractivity (Wildman–Crippen MR) is 92.8 cm³/mol. The summed E-state index contributed by atoms with van der Waals surface area (Å²) in [6.45, 7) is 6.77. The normalized spacial score (nSPS) is 27.2. The molecule has 126 valence electrons. The molecule has 0 aromatic heterocycles. The lowest BCUT2D eigenvalue weighted by Crippen LogP contribution is -2.46. The maximum atomic E-state index is 12.8. The van der Waals surface area contributed by atoms with Crippen LogP contribution in [0.5, 0.6) is 0 Å². The lowest BCUT2D eigenvalue weighted by atomic mass is 9.67. The molecule has 0 aliphatic carbocycles. The van der Waals surface area contributed by atoms with Crippen molar-refractivity contribution in [2.75, 3.05) is 19.7 Å². The van der Waals surface area contributed by atoms with E-state index in [0.29, 0.717) is 13.0 Å². The van der Waals surface area contributed by atoms with Crippen LogP contribution in [0.1, 0.15) is 51.5 Å². The minimum atomic E-state index is -0.205. The standard InChI is InChI=1S/C19H26ClNO2/c1-18(2)14-19(9-12-23-18,15-5-7-16(20)8-6-15)13-17(22)21-10-3-4-11-21/h5-8H,3-4,9-14H2,1-2H3/t19-/m1/s1. The van der Waals surface area contributed by atoms with Crippen molar-refractivity contribution >= 4 is 17.5 Å². The predicted octanol–water partition coefficient (Wildman–Crippen LogP) is 4.18. The molecule has 2 aliphatic heterocycles. The van der Waals surface area contributed by atoms with Gasteiger partial charge in [-0.05, 0) is 57.2 Å². The maximum Gasteiger partial charge on any atom is 0.223 e. The van der Waals surface area contributed by atoms with E-state index in [2.05, 4.69) is 26.0 Å². The van der Waals surface area contributed by atoms with E-state index < -0.39 is 0 Å². The van der Waals surface area contributed by atoms with E-state index >= 15 is 0 Å². The van der Waals surface area contributed by atoms with Crippen LogP contribution < -0.4 is 0 Å². The second kappa shape index (κ2) is 6.45. The van der Waals surface area contributed by atoms with Crippen LogP contribution in [-0.2, 0) is 14.9 Å². The van der Waals surface area contributed by atoms with Gasteiger partial charge in [-0.15, -0.1) is 0 Å². The van der Waals surface area contributed by atoms with Crippen molar-refractivity contribution in [2.24, 2.45) is 0 Å². The Bertz CT molecular complexity index is 563. The van der Waals surface area contributed by atoms with Crippen molar-refractivity contribution in [3.63, 3.8) is 0 Å². The summed E-state index contributed by atoms with van der Waals surface area (Å²) in [7, 11) is 0. The lowest BCUT2D eigenvalue weighted by Gasteiger charge is -2.45. The third-order valence-electron chi connectivity index (χ3n) is 5.24. The first-order valence-corrected chi connectivity index (χ1v) is 8.96. The topological polar surface area (TPSA) is 29.5 Å². The van der Waals surface area contributed by atoms with Crippen LogP contribution in [0.4, 0.5) is 0 Å². The van der Waals surface area contributed by atoms with Crippen LogP contribution in [0.3, 0.4) is 0 Å². The molecule has 3 nitrogen and oxygen atoms in total. The summed E-state index contributed by atoms with van der Waals surface area (Å²) in [5.74, 6) is 0.287. The molecule has 0 N–H and O–H groups in total. The molecule has 0 bridgehead atoms. The van der Waals surface area contributed by atoms with E-state index in [-0.39, 0.29) is 16.9 Å². The number of benzene rings is 1. The summed E-state index contributed by atoms with van der Waals surface area (Å²) >= 11 is 6.06. The number of hydrogen-bond donors (Lipinski definition) is 0. The highest BCUT2D eigenvalue weighted by atomic mass is 35.5. The van der Waals surface area contributed by atoms with Crippen molar-refractivity contribution in [2.45, 2.75) is 57.0 Å². The third-order valence-corrected chi connectivity index (χ3v) is 5.49. The van der Waals surface area contributed by atoms with Crippen molar-refractivity contribution in [1.82, 2.24) is 4.90 Å². The van der Waals surface area contributed by atoms with Gasteiger partial charge in [-0.1, -0.05) is 23.7 Å². The highest BCUT2D eigenvalue weighted by Gasteiger charge is 2.44. The Morgan fingerprint density at radius 1 is 1.22 bits per heavy atom. The van der Waals surface area contributed by atoms with Gasteiger partial charge in [0.2, 0.25) is 5.91 Å². The van der Waals surface area contributed by atoms with Gasteiger partial charge in [0.05, 0.1) is 5.60 Å². The largest absolute Gasteiger partial charge is 0.376 e. The third kappa shape index (κ3) is 3.72. The molecular weight excluding hydrogens is 310 g/mol. The van der Waals surface area contributed by atoms with Crippen LogP contribution in [0.15, 0.2) is 24.3 Å². The second-order valence-corrected chi connectivity index (χ2v) is 8.02.